The van der Waals surface area contributed by atoms with Gasteiger partial charge in [0.05, 0.1) is 0 Å². The molecule has 0 heterocycles. The molecule has 1 aromatic rings. The Balaban J connectivity index is 2.13. The minimum atomic E-state index is 0.253. The fraction of sp³-hybridized carbons (Fsp3) is 0.538. The van der Waals surface area contributed by atoms with Gasteiger partial charge in [0.25, 0.3) is 0 Å². The number of hydrogen-bond donors (Lipinski definition) is 1. The van der Waals surface area contributed by atoms with E-state index in [1.54, 1.807) is 0 Å². The summed E-state index contributed by atoms with van der Waals surface area (Å²) in [5.74, 6) is 0. The average molecular weight is 204 g/mol. The minimum Gasteiger partial charge on any atom is -0.327 e. The predicted molar refractivity (Wildman–Crippen MR) is 63.8 cm³/mol. The lowest BCUT2D eigenvalue weighted by molar-refractivity contribution is 0.233. The molecule has 0 fully saturated rings. The van der Waals surface area contributed by atoms with Crippen LogP contribution in [0.15, 0.2) is 24.3 Å². The van der Waals surface area contributed by atoms with Gasteiger partial charge in [0.15, 0.2) is 0 Å². The second-order valence-electron chi connectivity index (χ2n) is 4.67. The van der Waals surface area contributed by atoms with Crippen LogP contribution in [0.25, 0.3) is 0 Å². The summed E-state index contributed by atoms with van der Waals surface area (Å²) in [4.78, 5) is 2.39. The molecule has 82 valence electrons. The van der Waals surface area contributed by atoms with Gasteiger partial charge >= 0.3 is 0 Å². The van der Waals surface area contributed by atoms with Gasteiger partial charge < -0.3 is 5.73 Å². The predicted octanol–water partition coefficient (Wildman–Crippen LogP) is 1.95. The molecule has 1 aliphatic carbocycles. The SMILES string of the molecule is CC(N)CN(C)C1CCc2ccccc21. The van der Waals surface area contributed by atoms with Crippen molar-refractivity contribution >= 4 is 0 Å². The quantitative estimate of drug-likeness (QED) is 0.815. The minimum absolute atomic E-state index is 0.253. The van der Waals surface area contributed by atoms with Crippen molar-refractivity contribution in [3.8, 4) is 0 Å². The summed E-state index contributed by atoms with van der Waals surface area (Å²) in [6.07, 6.45) is 2.45. The maximum atomic E-state index is 5.84. The van der Waals surface area contributed by atoms with Crippen molar-refractivity contribution in [2.75, 3.05) is 13.6 Å². The number of aryl methyl sites for hydroxylation is 1. The molecule has 0 amide bonds. The Hall–Kier alpha value is -0.860. The molecule has 0 aliphatic heterocycles. The van der Waals surface area contributed by atoms with Gasteiger partial charge in [-0.1, -0.05) is 24.3 Å². The molecule has 1 aromatic carbocycles. The van der Waals surface area contributed by atoms with Crippen molar-refractivity contribution in [1.82, 2.24) is 4.90 Å². The lowest BCUT2D eigenvalue weighted by Gasteiger charge is -2.26. The Morgan fingerprint density at radius 2 is 2.20 bits per heavy atom. The van der Waals surface area contributed by atoms with E-state index in [1.165, 1.54) is 24.0 Å². The van der Waals surface area contributed by atoms with E-state index in [2.05, 4.69) is 43.1 Å². The van der Waals surface area contributed by atoms with Crippen molar-refractivity contribution in [2.45, 2.75) is 31.8 Å². The molecule has 2 rings (SSSR count). The average Bonchev–Trinajstić information content (AvgIpc) is 2.59. The maximum absolute atomic E-state index is 5.84. The van der Waals surface area contributed by atoms with Crippen LogP contribution in [0, 0.1) is 0 Å². The summed E-state index contributed by atoms with van der Waals surface area (Å²) < 4.78 is 0. The van der Waals surface area contributed by atoms with E-state index in [-0.39, 0.29) is 6.04 Å². The molecule has 2 heteroatoms. The molecule has 0 saturated heterocycles. The van der Waals surface area contributed by atoms with Crippen LogP contribution in [0.2, 0.25) is 0 Å². The Morgan fingerprint density at radius 1 is 1.47 bits per heavy atom. The standard InChI is InChI=1S/C13H20N2/c1-10(14)9-15(2)13-8-7-11-5-3-4-6-12(11)13/h3-6,10,13H,7-9,14H2,1-2H3. The van der Waals surface area contributed by atoms with Crippen molar-refractivity contribution in [2.24, 2.45) is 5.73 Å². The summed E-state index contributed by atoms with van der Waals surface area (Å²) >= 11 is 0. The van der Waals surface area contributed by atoms with Gasteiger partial charge in [-0.2, -0.15) is 0 Å². The normalized spacial score (nSPS) is 21.7. The lowest BCUT2D eigenvalue weighted by atomic mass is 10.1. The van der Waals surface area contributed by atoms with Crippen LogP contribution in [0.3, 0.4) is 0 Å². The van der Waals surface area contributed by atoms with Crippen molar-refractivity contribution in [3.63, 3.8) is 0 Å². The van der Waals surface area contributed by atoms with E-state index in [0.717, 1.165) is 6.54 Å². The zero-order valence-corrected chi connectivity index (χ0v) is 9.61. The first kappa shape index (κ1) is 10.7. The number of nitrogens with zero attached hydrogens (tertiary/aromatic N) is 1. The maximum Gasteiger partial charge on any atom is 0.0351 e. The van der Waals surface area contributed by atoms with Crippen molar-refractivity contribution in [1.29, 1.82) is 0 Å². The summed E-state index contributed by atoms with van der Waals surface area (Å²) in [7, 11) is 2.18. The first-order valence-electron chi connectivity index (χ1n) is 5.72. The highest BCUT2D eigenvalue weighted by Crippen LogP contribution is 2.34. The monoisotopic (exact) mass is 204 g/mol. The molecule has 0 spiro atoms. The molecule has 2 atom stereocenters. The highest BCUT2D eigenvalue weighted by atomic mass is 15.1. The lowest BCUT2D eigenvalue weighted by Crippen LogP contribution is -2.34. The van der Waals surface area contributed by atoms with Gasteiger partial charge in [-0.15, -0.1) is 0 Å². The molecule has 0 bridgehead atoms. The van der Waals surface area contributed by atoms with E-state index in [9.17, 15) is 0 Å². The van der Waals surface area contributed by atoms with E-state index in [4.69, 9.17) is 5.73 Å². The molecule has 0 aromatic heterocycles. The Labute approximate surface area is 92.1 Å². The molecule has 2 unspecified atom stereocenters. The van der Waals surface area contributed by atoms with Gasteiger partial charge in [0, 0.05) is 18.6 Å². The topological polar surface area (TPSA) is 29.3 Å². The van der Waals surface area contributed by atoms with Crippen LogP contribution in [0.5, 0.6) is 0 Å². The van der Waals surface area contributed by atoms with Gasteiger partial charge in [0.2, 0.25) is 0 Å². The third-order valence-corrected chi connectivity index (χ3v) is 3.21. The van der Waals surface area contributed by atoms with Crippen LogP contribution in [0.4, 0.5) is 0 Å². The molecule has 2 N–H and O–H groups in total. The van der Waals surface area contributed by atoms with Gasteiger partial charge in [-0.25, -0.2) is 0 Å². The van der Waals surface area contributed by atoms with Crippen LogP contribution >= 0.6 is 0 Å². The summed E-state index contributed by atoms with van der Waals surface area (Å²) in [5, 5.41) is 0. The number of nitrogens with two attached hydrogens (primary N) is 1. The second kappa shape index (κ2) is 4.33. The first-order valence-corrected chi connectivity index (χ1v) is 5.72. The molecule has 15 heavy (non-hydrogen) atoms. The second-order valence-corrected chi connectivity index (χ2v) is 4.67. The van der Waals surface area contributed by atoms with Gasteiger partial charge in [-0.3, -0.25) is 4.90 Å². The zero-order valence-electron chi connectivity index (χ0n) is 9.61. The fourth-order valence-corrected chi connectivity index (χ4v) is 2.57. The summed E-state index contributed by atoms with van der Waals surface area (Å²) in [6.45, 7) is 3.04. The smallest absolute Gasteiger partial charge is 0.0351 e. The van der Waals surface area contributed by atoms with Crippen LogP contribution < -0.4 is 5.73 Å². The summed E-state index contributed by atoms with van der Waals surface area (Å²) in [6, 6.07) is 9.60. The van der Waals surface area contributed by atoms with Gasteiger partial charge in [0.1, 0.15) is 0 Å². The number of hydrogen-bond acceptors (Lipinski definition) is 2. The highest BCUT2D eigenvalue weighted by molar-refractivity contribution is 5.34. The highest BCUT2D eigenvalue weighted by Gasteiger charge is 2.25. The number of likely N-dealkylation sites (N-methyl/N-ethyl adjacent to an activating group) is 1. The van der Waals surface area contributed by atoms with Crippen LogP contribution in [-0.2, 0) is 6.42 Å². The Bertz CT molecular complexity index is 333. The number of benzene rings is 1. The third kappa shape index (κ3) is 2.21. The Kier molecular flexibility index (Phi) is 3.08. The molecule has 0 radical (unpaired) electrons. The number of fused-ring (bicyclic) bond motifs is 1. The first-order chi connectivity index (χ1) is 7.18. The van der Waals surface area contributed by atoms with E-state index < -0.39 is 0 Å². The van der Waals surface area contributed by atoms with E-state index in [1.807, 2.05) is 0 Å². The van der Waals surface area contributed by atoms with Crippen molar-refractivity contribution < 1.29 is 0 Å². The molecule has 1 aliphatic rings. The van der Waals surface area contributed by atoms with Crippen LogP contribution in [0.1, 0.15) is 30.5 Å². The largest absolute Gasteiger partial charge is 0.327 e. The molecule has 0 saturated carbocycles. The molecular weight excluding hydrogens is 184 g/mol. The van der Waals surface area contributed by atoms with E-state index >= 15 is 0 Å². The fourth-order valence-electron chi connectivity index (χ4n) is 2.57. The zero-order chi connectivity index (χ0) is 10.8. The Morgan fingerprint density at radius 3 is 2.93 bits per heavy atom. The van der Waals surface area contributed by atoms with Crippen molar-refractivity contribution in [3.05, 3.63) is 35.4 Å². The summed E-state index contributed by atoms with van der Waals surface area (Å²) in [5.41, 5.74) is 8.85. The van der Waals surface area contributed by atoms with Gasteiger partial charge in [-0.05, 0) is 37.9 Å². The van der Waals surface area contributed by atoms with E-state index in [0.29, 0.717) is 6.04 Å². The number of rotatable bonds is 3. The molecular formula is C13H20N2. The third-order valence-electron chi connectivity index (χ3n) is 3.21. The van der Waals surface area contributed by atoms with Crippen LogP contribution in [-0.4, -0.2) is 24.5 Å². The molecule has 2 nitrogen and oxygen atoms in total.